The van der Waals surface area contributed by atoms with Crippen LogP contribution in [0.3, 0.4) is 0 Å². The van der Waals surface area contributed by atoms with Crippen molar-refractivity contribution in [2.24, 2.45) is 0 Å². The monoisotopic (exact) mass is 276 g/mol. The normalized spacial score (nSPS) is 11.4. The quantitative estimate of drug-likeness (QED) is 0.779. The van der Waals surface area contributed by atoms with Gasteiger partial charge in [-0.25, -0.2) is 8.78 Å². The average Bonchev–Trinajstić information content (AvgIpc) is 2.37. The van der Waals surface area contributed by atoms with Gasteiger partial charge in [-0.1, -0.05) is 39.0 Å². The Balaban J connectivity index is 2.08. The number of halogens is 2. The first-order chi connectivity index (χ1) is 9.38. The molecule has 0 atom stereocenters. The van der Waals surface area contributed by atoms with Crippen molar-refractivity contribution in [2.45, 2.75) is 32.8 Å². The molecule has 2 aromatic rings. The van der Waals surface area contributed by atoms with Crippen molar-refractivity contribution in [3.05, 3.63) is 65.2 Å². The van der Waals surface area contributed by atoms with Crippen LogP contribution in [-0.2, 0) is 12.0 Å². The Labute approximate surface area is 118 Å². The lowest BCUT2D eigenvalue weighted by atomic mass is 9.87. The van der Waals surface area contributed by atoms with Crippen molar-refractivity contribution in [2.75, 3.05) is 0 Å². The third kappa shape index (κ3) is 3.35. The zero-order chi connectivity index (χ0) is 14.8. The van der Waals surface area contributed by atoms with Crippen LogP contribution in [0.2, 0.25) is 0 Å². The van der Waals surface area contributed by atoms with E-state index in [0.717, 1.165) is 0 Å². The van der Waals surface area contributed by atoms with Gasteiger partial charge in [-0.2, -0.15) is 0 Å². The van der Waals surface area contributed by atoms with E-state index in [1.54, 1.807) is 0 Å². The predicted molar refractivity (Wildman–Crippen MR) is 75.8 cm³/mol. The van der Waals surface area contributed by atoms with E-state index in [1.165, 1.54) is 23.8 Å². The molecule has 0 N–H and O–H groups in total. The fourth-order valence-electron chi connectivity index (χ4n) is 1.88. The molecular formula is C17H18F2O. The molecule has 106 valence electrons. The van der Waals surface area contributed by atoms with E-state index < -0.39 is 11.6 Å². The number of hydrogen-bond acceptors (Lipinski definition) is 1. The highest BCUT2D eigenvalue weighted by Gasteiger charge is 2.13. The Hall–Kier alpha value is -1.90. The second kappa shape index (κ2) is 5.61. The number of benzene rings is 2. The van der Waals surface area contributed by atoms with Crippen LogP contribution in [0.5, 0.6) is 5.75 Å². The molecule has 0 spiro atoms. The van der Waals surface area contributed by atoms with Crippen molar-refractivity contribution >= 4 is 0 Å². The van der Waals surface area contributed by atoms with Gasteiger partial charge in [-0.3, -0.25) is 0 Å². The zero-order valence-electron chi connectivity index (χ0n) is 11.9. The van der Waals surface area contributed by atoms with Gasteiger partial charge in [0.05, 0.1) is 5.56 Å². The maximum atomic E-state index is 13.5. The van der Waals surface area contributed by atoms with Crippen LogP contribution in [0.15, 0.2) is 42.5 Å². The SMILES string of the molecule is CC(C)(C)c1ccc(OCc2c(F)cccc2F)cc1. The molecule has 0 saturated carbocycles. The lowest BCUT2D eigenvalue weighted by Crippen LogP contribution is -2.10. The van der Waals surface area contributed by atoms with Crippen LogP contribution < -0.4 is 4.74 Å². The lowest BCUT2D eigenvalue weighted by Gasteiger charge is -2.19. The molecule has 3 heteroatoms. The summed E-state index contributed by atoms with van der Waals surface area (Å²) < 4.78 is 32.3. The Kier molecular flexibility index (Phi) is 4.07. The summed E-state index contributed by atoms with van der Waals surface area (Å²) in [7, 11) is 0. The maximum Gasteiger partial charge on any atom is 0.132 e. The minimum atomic E-state index is -0.587. The first-order valence-electron chi connectivity index (χ1n) is 6.54. The van der Waals surface area contributed by atoms with E-state index >= 15 is 0 Å². The van der Waals surface area contributed by atoms with Gasteiger partial charge >= 0.3 is 0 Å². The molecule has 0 heterocycles. The molecule has 0 aliphatic carbocycles. The summed E-state index contributed by atoms with van der Waals surface area (Å²) in [5.74, 6) is -0.576. The van der Waals surface area contributed by atoms with Gasteiger partial charge < -0.3 is 4.74 Å². The van der Waals surface area contributed by atoms with Gasteiger partial charge in [-0.15, -0.1) is 0 Å². The van der Waals surface area contributed by atoms with E-state index in [2.05, 4.69) is 20.8 Å². The third-order valence-electron chi connectivity index (χ3n) is 3.17. The standard InChI is InChI=1S/C17H18F2O/c1-17(2,3)12-7-9-13(10-8-12)20-11-14-15(18)5-4-6-16(14)19/h4-10H,11H2,1-3H3. The molecule has 1 nitrogen and oxygen atoms in total. The molecule has 0 bridgehead atoms. The van der Waals surface area contributed by atoms with Crippen LogP contribution in [0.25, 0.3) is 0 Å². The van der Waals surface area contributed by atoms with E-state index in [4.69, 9.17) is 4.74 Å². The maximum absolute atomic E-state index is 13.5. The van der Waals surface area contributed by atoms with Crippen LogP contribution in [0.1, 0.15) is 31.9 Å². The zero-order valence-corrected chi connectivity index (χ0v) is 11.9. The highest BCUT2D eigenvalue weighted by Crippen LogP contribution is 2.25. The van der Waals surface area contributed by atoms with Gasteiger partial charge in [0.1, 0.15) is 24.0 Å². The number of rotatable bonds is 3. The summed E-state index contributed by atoms with van der Waals surface area (Å²) in [6.45, 7) is 6.25. The molecule has 0 aromatic heterocycles. The second-order valence-corrected chi connectivity index (χ2v) is 5.76. The predicted octanol–water partition coefficient (Wildman–Crippen LogP) is 4.84. The van der Waals surface area contributed by atoms with Gasteiger partial charge in [0.2, 0.25) is 0 Å². The molecule has 0 amide bonds. The van der Waals surface area contributed by atoms with E-state index in [0.29, 0.717) is 5.75 Å². The molecule has 2 aromatic carbocycles. The molecular weight excluding hydrogens is 258 g/mol. The Bertz CT molecular complexity index is 563. The molecule has 20 heavy (non-hydrogen) atoms. The molecule has 2 rings (SSSR count). The summed E-state index contributed by atoms with van der Waals surface area (Å²) in [6, 6.07) is 11.4. The molecule has 0 aliphatic rings. The topological polar surface area (TPSA) is 9.23 Å². The van der Waals surface area contributed by atoms with Crippen LogP contribution in [0, 0.1) is 11.6 Å². The van der Waals surface area contributed by atoms with Crippen molar-refractivity contribution in [1.29, 1.82) is 0 Å². The van der Waals surface area contributed by atoms with Crippen molar-refractivity contribution in [3.63, 3.8) is 0 Å². The van der Waals surface area contributed by atoms with Gasteiger partial charge in [0.25, 0.3) is 0 Å². The molecule has 0 saturated heterocycles. The number of hydrogen-bond donors (Lipinski definition) is 0. The fraction of sp³-hybridized carbons (Fsp3) is 0.294. The first-order valence-corrected chi connectivity index (χ1v) is 6.54. The second-order valence-electron chi connectivity index (χ2n) is 5.76. The highest BCUT2D eigenvalue weighted by atomic mass is 19.1. The largest absolute Gasteiger partial charge is 0.489 e. The van der Waals surface area contributed by atoms with E-state index in [-0.39, 0.29) is 17.6 Å². The molecule has 0 fully saturated rings. The van der Waals surface area contributed by atoms with E-state index in [9.17, 15) is 8.78 Å². The summed E-state index contributed by atoms with van der Waals surface area (Å²) in [5, 5.41) is 0. The van der Waals surface area contributed by atoms with Crippen LogP contribution in [0.4, 0.5) is 8.78 Å². The van der Waals surface area contributed by atoms with Gasteiger partial charge in [0, 0.05) is 0 Å². The molecule has 0 radical (unpaired) electrons. The Morgan fingerprint density at radius 3 is 1.95 bits per heavy atom. The smallest absolute Gasteiger partial charge is 0.132 e. The summed E-state index contributed by atoms with van der Waals surface area (Å²) >= 11 is 0. The van der Waals surface area contributed by atoms with Crippen molar-refractivity contribution in [3.8, 4) is 5.75 Å². The minimum Gasteiger partial charge on any atom is -0.489 e. The van der Waals surface area contributed by atoms with Gasteiger partial charge in [0.15, 0.2) is 0 Å². The van der Waals surface area contributed by atoms with Crippen molar-refractivity contribution < 1.29 is 13.5 Å². The Morgan fingerprint density at radius 1 is 0.900 bits per heavy atom. The highest BCUT2D eigenvalue weighted by molar-refractivity contribution is 5.31. The first kappa shape index (κ1) is 14.5. The summed E-state index contributed by atoms with van der Waals surface area (Å²) in [4.78, 5) is 0. The van der Waals surface area contributed by atoms with Crippen LogP contribution in [-0.4, -0.2) is 0 Å². The van der Waals surface area contributed by atoms with E-state index in [1.807, 2.05) is 24.3 Å². The average molecular weight is 276 g/mol. The minimum absolute atomic E-state index is 0.0487. The summed E-state index contributed by atoms with van der Waals surface area (Å²) in [6.07, 6.45) is 0. The summed E-state index contributed by atoms with van der Waals surface area (Å²) in [5.41, 5.74) is 1.20. The molecule has 0 aliphatic heterocycles. The fourth-order valence-corrected chi connectivity index (χ4v) is 1.88. The number of ether oxygens (including phenoxy) is 1. The van der Waals surface area contributed by atoms with Gasteiger partial charge in [-0.05, 0) is 35.2 Å². The molecule has 0 unspecified atom stereocenters. The van der Waals surface area contributed by atoms with Crippen molar-refractivity contribution in [1.82, 2.24) is 0 Å². The third-order valence-corrected chi connectivity index (χ3v) is 3.17. The lowest BCUT2D eigenvalue weighted by molar-refractivity contribution is 0.292. The Morgan fingerprint density at radius 2 is 1.45 bits per heavy atom. The van der Waals surface area contributed by atoms with Crippen LogP contribution >= 0.6 is 0 Å².